The highest BCUT2D eigenvalue weighted by Gasteiger charge is 2.27. The number of nitrogens with zero attached hydrogens (tertiary/aromatic N) is 2. The maximum absolute atomic E-state index is 13.9. The Morgan fingerprint density at radius 3 is 2.47 bits per heavy atom. The maximum Gasteiger partial charge on any atom is 0.224 e. The molecule has 1 amide bonds. The lowest BCUT2D eigenvalue weighted by Gasteiger charge is -2.23. The van der Waals surface area contributed by atoms with Crippen LogP contribution in [-0.2, 0) is 27.2 Å². The number of carbonyl (C=O) groups is 3. The second-order valence-electron chi connectivity index (χ2n) is 12.3. The number of rotatable bonds is 17. The van der Waals surface area contributed by atoms with E-state index in [1.807, 2.05) is 43.3 Å². The van der Waals surface area contributed by atoms with Crippen LogP contribution in [0.5, 0.6) is 0 Å². The fourth-order valence-corrected chi connectivity index (χ4v) is 6.88. The van der Waals surface area contributed by atoms with Gasteiger partial charge < -0.3 is 5.32 Å². The minimum absolute atomic E-state index is 0.0594. The Balaban J connectivity index is 1.48. The van der Waals surface area contributed by atoms with Crippen LogP contribution in [0.3, 0.4) is 0 Å². The monoisotopic (exact) mass is 601 g/mol. The summed E-state index contributed by atoms with van der Waals surface area (Å²) >= 11 is 1.61. The Kier molecular flexibility index (Phi) is 12.2. The second-order valence-corrected chi connectivity index (χ2v) is 13.4. The first kappa shape index (κ1) is 32.7. The van der Waals surface area contributed by atoms with E-state index < -0.39 is 5.92 Å². The van der Waals surface area contributed by atoms with Crippen molar-refractivity contribution >= 4 is 39.0 Å². The molecule has 1 saturated heterocycles. The maximum atomic E-state index is 13.9. The van der Waals surface area contributed by atoms with Crippen molar-refractivity contribution in [3.05, 3.63) is 76.8 Å². The van der Waals surface area contributed by atoms with Gasteiger partial charge in [0.15, 0.2) is 5.78 Å². The molecule has 7 heteroatoms. The SMILES string of the molecule is C=C(CN1CCCC1)C(=O)CC[C@H](Cc1ccccc1)NC(=O)[C@@H](CC(=O)CCC)Cc1nc2ccc(C(C)C)cc2s1. The summed E-state index contributed by atoms with van der Waals surface area (Å²) in [5, 5.41) is 4.12. The lowest BCUT2D eigenvalue weighted by molar-refractivity contribution is -0.130. The van der Waals surface area contributed by atoms with Crippen LogP contribution in [0.25, 0.3) is 10.2 Å². The molecule has 230 valence electrons. The Morgan fingerprint density at radius 2 is 1.77 bits per heavy atom. The first-order chi connectivity index (χ1) is 20.7. The molecule has 0 radical (unpaired) electrons. The largest absolute Gasteiger partial charge is 0.353 e. The molecule has 1 aliphatic heterocycles. The normalized spacial score (nSPS) is 15.1. The van der Waals surface area contributed by atoms with Crippen LogP contribution >= 0.6 is 11.3 Å². The minimum Gasteiger partial charge on any atom is -0.353 e. The summed E-state index contributed by atoms with van der Waals surface area (Å²) in [7, 11) is 0. The predicted molar refractivity (Wildman–Crippen MR) is 177 cm³/mol. The molecule has 0 bridgehead atoms. The van der Waals surface area contributed by atoms with Gasteiger partial charge in [-0.3, -0.25) is 19.3 Å². The number of ketones is 2. The van der Waals surface area contributed by atoms with Crippen LogP contribution in [0, 0.1) is 5.92 Å². The molecule has 0 spiro atoms. The quantitative estimate of drug-likeness (QED) is 0.168. The number of nitrogens with one attached hydrogen (secondary N) is 1. The van der Waals surface area contributed by atoms with Crippen LogP contribution in [0.4, 0.5) is 0 Å². The Labute approximate surface area is 261 Å². The molecule has 1 N–H and O–H groups in total. The van der Waals surface area contributed by atoms with Crippen molar-refractivity contribution in [1.29, 1.82) is 0 Å². The number of aromatic nitrogens is 1. The molecule has 3 aromatic rings. The molecular formula is C36H47N3O3S. The zero-order chi connectivity index (χ0) is 30.8. The highest BCUT2D eigenvalue weighted by atomic mass is 32.1. The number of amides is 1. The zero-order valence-electron chi connectivity index (χ0n) is 26.1. The van der Waals surface area contributed by atoms with Gasteiger partial charge in [-0.2, -0.15) is 0 Å². The van der Waals surface area contributed by atoms with Gasteiger partial charge in [-0.05, 0) is 74.4 Å². The van der Waals surface area contributed by atoms with E-state index in [-0.39, 0.29) is 29.9 Å². The third-order valence-electron chi connectivity index (χ3n) is 8.32. The van der Waals surface area contributed by atoms with Gasteiger partial charge in [-0.1, -0.05) is 63.7 Å². The molecule has 4 rings (SSSR count). The summed E-state index contributed by atoms with van der Waals surface area (Å²) in [6.45, 7) is 13.1. The molecule has 0 unspecified atom stereocenters. The topological polar surface area (TPSA) is 79.4 Å². The van der Waals surface area contributed by atoms with E-state index in [1.54, 1.807) is 11.3 Å². The third kappa shape index (κ3) is 9.94. The summed E-state index contributed by atoms with van der Waals surface area (Å²) in [5.41, 5.74) is 3.93. The first-order valence-electron chi connectivity index (χ1n) is 15.9. The molecule has 0 saturated carbocycles. The van der Waals surface area contributed by atoms with E-state index in [0.717, 1.165) is 40.3 Å². The molecule has 43 heavy (non-hydrogen) atoms. The van der Waals surface area contributed by atoms with E-state index >= 15 is 0 Å². The number of hydrogen-bond donors (Lipinski definition) is 1. The smallest absolute Gasteiger partial charge is 0.224 e. The number of thiazole rings is 1. The number of likely N-dealkylation sites (tertiary alicyclic amines) is 1. The lowest BCUT2D eigenvalue weighted by atomic mass is 9.94. The standard InChI is InChI=1S/C36H47N3O3S/c1-5-11-31(40)21-29(23-35-38-32-16-14-28(25(2)3)22-34(32)43-35)36(42)37-30(20-27-12-7-6-8-13-27)15-17-33(41)26(4)24-39-18-9-10-19-39/h6-8,12-14,16,22,25,29-30H,4-5,9-11,15,17-21,23-24H2,1-3H3,(H,37,42)/t29-,30+/m0/s1. The van der Waals surface area contributed by atoms with Gasteiger partial charge in [0.2, 0.25) is 5.91 Å². The van der Waals surface area contributed by atoms with E-state index in [4.69, 9.17) is 4.98 Å². The minimum atomic E-state index is -0.511. The van der Waals surface area contributed by atoms with Crippen molar-refractivity contribution in [2.45, 2.75) is 90.5 Å². The highest BCUT2D eigenvalue weighted by molar-refractivity contribution is 7.18. The van der Waals surface area contributed by atoms with Crippen molar-refractivity contribution in [3.63, 3.8) is 0 Å². The van der Waals surface area contributed by atoms with Gasteiger partial charge in [0.05, 0.1) is 21.1 Å². The van der Waals surface area contributed by atoms with Crippen LogP contribution in [0.15, 0.2) is 60.7 Å². The molecule has 1 aromatic heterocycles. The number of benzene rings is 2. The summed E-state index contributed by atoms with van der Waals surface area (Å²) in [5.74, 6) is -0.0759. The van der Waals surface area contributed by atoms with Gasteiger partial charge in [-0.25, -0.2) is 4.98 Å². The number of hydrogen-bond acceptors (Lipinski definition) is 6. The van der Waals surface area contributed by atoms with E-state index in [0.29, 0.717) is 50.1 Å². The van der Waals surface area contributed by atoms with E-state index in [9.17, 15) is 14.4 Å². The zero-order valence-corrected chi connectivity index (χ0v) is 26.9. The molecule has 6 nitrogen and oxygen atoms in total. The lowest BCUT2D eigenvalue weighted by Crippen LogP contribution is -2.42. The Morgan fingerprint density at radius 1 is 1.02 bits per heavy atom. The molecule has 1 fully saturated rings. The van der Waals surface area contributed by atoms with Crippen molar-refractivity contribution in [1.82, 2.24) is 15.2 Å². The molecule has 1 aliphatic rings. The predicted octanol–water partition coefficient (Wildman–Crippen LogP) is 7.07. The Hall–Kier alpha value is -3.16. The fraction of sp³-hybridized carbons (Fsp3) is 0.500. The van der Waals surface area contributed by atoms with Gasteiger partial charge >= 0.3 is 0 Å². The first-order valence-corrected chi connectivity index (χ1v) is 16.7. The third-order valence-corrected chi connectivity index (χ3v) is 9.36. The van der Waals surface area contributed by atoms with Gasteiger partial charge in [-0.15, -0.1) is 11.3 Å². The Bertz CT molecular complexity index is 1390. The molecule has 2 atom stereocenters. The average Bonchev–Trinajstić information content (AvgIpc) is 3.65. The number of carbonyl (C=O) groups excluding carboxylic acids is 3. The average molecular weight is 602 g/mol. The molecule has 0 aliphatic carbocycles. The summed E-state index contributed by atoms with van der Waals surface area (Å²) < 4.78 is 1.11. The van der Waals surface area contributed by atoms with Crippen LogP contribution in [-0.4, -0.2) is 53.0 Å². The van der Waals surface area contributed by atoms with Gasteiger partial charge in [0.25, 0.3) is 0 Å². The van der Waals surface area contributed by atoms with Gasteiger partial charge in [0.1, 0.15) is 5.78 Å². The molecular weight excluding hydrogens is 554 g/mol. The molecule has 2 heterocycles. The van der Waals surface area contributed by atoms with Crippen molar-refractivity contribution in [3.8, 4) is 0 Å². The highest BCUT2D eigenvalue weighted by Crippen LogP contribution is 2.28. The van der Waals surface area contributed by atoms with Gasteiger partial charge in [0, 0.05) is 43.8 Å². The summed E-state index contributed by atoms with van der Waals surface area (Å²) in [6, 6.07) is 16.1. The number of Topliss-reactive ketones (excluding diaryl/α,β-unsaturated/α-hetero) is 2. The van der Waals surface area contributed by atoms with E-state index in [2.05, 4.69) is 42.8 Å². The van der Waals surface area contributed by atoms with Crippen LogP contribution in [0.2, 0.25) is 0 Å². The summed E-state index contributed by atoms with van der Waals surface area (Å²) in [4.78, 5) is 46.8. The van der Waals surface area contributed by atoms with Crippen molar-refractivity contribution in [2.75, 3.05) is 19.6 Å². The second kappa shape index (κ2) is 16.1. The van der Waals surface area contributed by atoms with Crippen LogP contribution < -0.4 is 5.32 Å². The van der Waals surface area contributed by atoms with E-state index in [1.165, 1.54) is 18.4 Å². The van der Waals surface area contributed by atoms with Crippen LogP contribution in [0.1, 0.15) is 87.8 Å². The van der Waals surface area contributed by atoms with Crippen molar-refractivity contribution < 1.29 is 14.4 Å². The fourth-order valence-electron chi connectivity index (χ4n) is 5.78. The molecule has 2 aromatic carbocycles. The van der Waals surface area contributed by atoms with Crippen molar-refractivity contribution in [2.24, 2.45) is 5.92 Å². The summed E-state index contributed by atoms with van der Waals surface area (Å²) in [6.07, 6.45) is 5.64. The number of fused-ring (bicyclic) bond motifs is 1.